The first-order chi connectivity index (χ1) is 17.5. The van der Waals surface area contributed by atoms with E-state index in [1.54, 1.807) is 25.7 Å². The maximum Gasteiger partial charge on any atom is 0.408 e. The fourth-order valence-electron chi connectivity index (χ4n) is 4.15. The van der Waals surface area contributed by atoms with Crippen LogP contribution in [0.25, 0.3) is 0 Å². The van der Waals surface area contributed by atoms with Crippen LogP contribution in [-0.2, 0) is 20.7 Å². The minimum atomic E-state index is -0.928. The van der Waals surface area contributed by atoms with E-state index in [0.717, 1.165) is 56.1 Å². The number of aryl methyl sites for hydroxylation is 1. The SMILES string of the molecule is CCCCCCN(C(=O)C(CS)NC(=O)OC(C)(C)C)C(C(=O)NC(C)CCC)c1ccc(CC)cc1. The lowest BCUT2D eigenvalue weighted by molar-refractivity contribution is -0.142. The average molecular weight is 536 g/mol. The van der Waals surface area contributed by atoms with E-state index in [2.05, 4.69) is 44.0 Å². The van der Waals surface area contributed by atoms with Crippen molar-refractivity contribution in [3.8, 4) is 0 Å². The maximum absolute atomic E-state index is 13.9. The third kappa shape index (κ3) is 11.8. The van der Waals surface area contributed by atoms with Gasteiger partial charge < -0.3 is 20.3 Å². The standard InChI is InChI=1S/C29H49N3O4S/c1-8-11-12-13-19-32(27(34)24(20-37)31-28(35)36-29(5,6)7)25(26(33)30-21(4)14-9-2)23-17-15-22(10-3)16-18-23/h15-18,21,24-25,37H,8-14,19-20H2,1-7H3,(H,30,33)(H,31,35). The molecule has 0 radical (unpaired) electrons. The molecule has 3 atom stereocenters. The van der Waals surface area contributed by atoms with Gasteiger partial charge in [0.1, 0.15) is 17.7 Å². The van der Waals surface area contributed by atoms with E-state index >= 15 is 0 Å². The van der Waals surface area contributed by atoms with E-state index in [1.807, 2.05) is 31.2 Å². The number of alkyl carbamates (subject to hydrolysis) is 1. The lowest BCUT2D eigenvalue weighted by atomic mass is 9.99. The number of thiol groups is 1. The van der Waals surface area contributed by atoms with Crippen molar-refractivity contribution in [1.82, 2.24) is 15.5 Å². The first kappa shape index (κ1) is 32.8. The van der Waals surface area contributed by atoms with Gasteiger partial charge in [-0.25, -0.2) is 4.79 Å². The van der Waals surface area contributed by atoms with E-state index in [9.17, 15) is 14.4 Å². The van der Waals surface area contributed by atoms with E-state index in [1.165, 1.54) is 0 Å². The van der Waals surface area contributed by atoms with E-state index in [4.69, 9.17) is 4.74 Å². The second-order valence-electron chi connectivity index (χ2n) is 10.7. The summed E-state index contributed by atoms with van der Waals surface area (Å²) in [7, 11) is 0. The van der Waals surface area contributed by atoms with Gasteiger partial charge >= 0.3 is 6.09 Å². The minimum Gasteiger partial charge on any atom is -0.444 e. The molecule has 0 saturated carbocycles. The second kappa shape index (κ2) is 16.6. The predicted octanol–water partition coefficient (Wildman–Crippen LogP) is 5.83. The number of nitrogens with zero attached hydrogens (tertiary/aromatic N) is 1. The summed E-state index contributed by atoms with van der Waals surface area (Å²) in [4.78, 5) is 41.7. The molecule has 0 aliphatic carbocycles. The van der Waals surface area contributed by atoms with Gasteiger partial charge in [0.15, 0.2) is 0 Å². The highest BCUT2D eigenvalue weighted by Gasteiger charge is 2.36. The Bertz CT molecular complexity index is 839. The molecule has 7 nitrogen and oxygen atoms in total. The van der Waals surface area contributed by atoms with Crippen molar-refractivity contribution in [2.24, 2.45) is 0 Å². The van der Waals surface area contributed by atoms with Crippen LogP contribution >= 0.6 is 12.6 Å². The first-order valence-electron chi connectivity index (χ1n) is 13.8. The first-order valence-corrected chi connectivity index (χ1v) is 14.4. The van der Waals surface area contributed by atoms with Crippen molar-refractivity contribution >= 4 is 30.5 Å². The lowest BCUT2D eigenvalue weighted by Gasteiger charge is -2.35. The molecule has 0 aromatic heterocycles. The summed E-state index contributed by atoms with van der Waals surface area (Å²) in [6, 6.07) is 6.09. The lowest BCUT2D eigenvalue weighted by Crippen LogP contribution is -2.54. The van der Waals surface area contributed by atoms with Crippen LogP contribution in [0.4, 0.5) is 4.79 Å². The molecule has 1 aromatic carbocycles. The summed E-state index contributed by atoms with van der Waals surface area (Å²) in [5.74, 6) is -0.483. The summed E-state index contributed by atoms with van der Waals surface area (Å²) < 4.78 is 5.38. The molecule has 0 aliphatic rings. The molecule has 0 heterocycles. The third-order valence-corrected chi connectivity index (χ3v) is 6.45. The molecule has 3 amide bonds. The smallest absolute Gasteiger partial charge is 0.408 e. The number of amides is 3. The Kier molecular flexibility index (Phi) is 14.7. The van der Waals surface area contributed by atoms with Gasteiger partial charge in [0.25, 0.3) is 0 Å². The number of ether oxygens (including phenoxy) is 1. The number of carbonyl (C=O) groups excluding carboxylic acids is 3. The molecule has 210 valence electrons. The summed E-state index contributed by atoms with van der Waals surface area (Å²) in [6.45, 7) is 14.0. The van der Waals surface area contributed by atoms with E-state index in [0.29, 0.717) is 6.54 Å². The number of nitrogens with one attached hydrogen (secondary N) is 2. The van der Waals surface area contributed by atoms with Gasteiger partial charge in [-0.05, 0) is 58.1 Å². The summed E-state index contributed by atoms with van der Waals surface area (Å²) in [6.07, 6.45) is 5.79. The second-order valence-corrected chi connectivity index (χ2v) is 11.0. The van der Waals surface area contributed by atoms with E-state index < -0.39 is 23.8 Å². The van der Waals surface area contributed by atoms with Gasteiger partial charge in [-0.3, -0.25) is 9.59 Å². The number of unbranched alkanes of at least 4 members (excludes halogenated alkanes) is 3. The molecule has 0 fully saturated rings. The summed E-state index contributed by atoms with van der Waals surface area (Å²) >= 11 is 4.36. The Morgan fingerprint density at radius 3 is 2.14 bits per heavy atom. The van der Waals surface area contributed by atoms with Crippen LogP contribution in [0, 0.1) is 0 Å². The monoisotopic (exact) mass is 535 g/mol. The van der Waals surface area contributed by atoms with Crippen molar-refractivity contribution in [1.29, 1.82) is 0 Å². The van der Waals surface area contributed by atoms with Gasteiger partial charge in [0.2, 0.25) is 11.8 Å². The fraction of sp³-hybridized carbons (Fsp3) is 0.690. The van der Waals surface area contributed by atoms with Gasteiger partial charge in [-0.1, -0.05) is 70.7 Å². The topological polar surface area (TPSA) is 87.7 Å². The highest BCUT2D eigenvalue weighted by molar-refractivity contribution is 7.80. The van der Waals surface area contributed by atoms with Gasteiger partial charge in [-0.2, -0.15) is 12.6 Å². The fourth-order valence-corrected chi connectivity index (χ4v) is 4.39. The number of hydrogen-bond donors (Lipinski definition) is 3. The van der Waals surface area contributed by atoms with Crippen LogP contribution in [0.2, 0.25) is 0 Å². The molecule has 8 heteroatoms. The van der Waals surface area contributed by atoms with Crippen LogP contribution in [0.15, 0.2) is 24.3 Å². The molecule has 0 aliphatic heterocycles. The van der Waals surface area contributed by atoms with Crippen molar-refractivity contribution in [2.75, 3.05) is 12.3 Å². The average Bonchev–Trinajstić information content (AvgIpc) is 2.83. The van der Waals surface area contributed by atoms with Crippen molar-refractivity contribution in [2.45, 2.75) is 117 Å². The zero-order valence-electron chi connectivity index (χ0n) is 23.9. The minimum absolute atomic E-state index is 0.0208. The zero-order valence-corrected chi connectivity index (χ0v) is 24.8. The van der Waals surface area contributed by atoms with Gasteiger partial charge in [0, 0.05) is 18.3 Å². The van der Waals surface area contributed by atoms with Crippen LogP contribution in [0.3, 0.4) is 0 Å². The predicted molar refractivity (Wildman–Crippen MR) is 154 cm³/mol. The molecule has 0 spiro atoms. The Labute approximate surface area is 229 Å². The van der Waals surface area contributed by atoms with Crippen LogP contribution in [0.5, 0.6) is 0 Å². The largest absolute Gasteiger partial charge is 0.444 e. The summed E-state index contributed by atoms with van der Waals surface area (Å²) in [5.41, 5.74) is 1.20. The molecule has 0 saturated heterocycles. The highest BCUT2D eigenvalue weighted by atomic mass is 32.1. The molecule has 0 bridgehead atoms. The molecule has 3 unspecified atom stereocenters. The Morgan fingerprint density at radius 1 is 0.973 bits per heavy atom. The van der Waals surface area contributed by atoms with Crippen LogP contribution in [0.1, 0.15) is 104 Å². The third-order valence-electron chi connectivity index (χ3n) is 6.08. The number of rotatable bonds is 15. The number of benzene rings is 1. The van der Waals surface area contributed by atoms with Crippen molar-refractivity contribution < 1.29 is 19.1 Å². The van der Waals surface area contributed by atoms with Crippen molar-refractivity contribution in [3.63, 3.8) is 0 Å². The Morgan fingerprint density at radius 2 is 1.62 bits per heavy atom. The van der Waals surface area contributed by atoms with Crippen molar-refractivity contribution in [3.05, 3.63) is 35.4 Å². The van der Waals surface area contributed by atoms with Crippen LogP contribution < -0.4 is 10.6 Å². The zero-order chi connectivity index (χ0) is 28.0. The normalized spacial score (nSPS) is 13.8. The van der Waals surface area contributed by atoms with Gasteiger partial charge in [0.05, 0.1) is 0 Å². The number of hydrogen-bond acceptors (Lipinski definition) is 5. The van der Waals surface area contributed by atoms with Gasteiger partial charge in [-0.15, -0.1) is 0 Å². The molecule has 1 rings (SSSR count). The maximum atomic E-state index is 13.9. The molecule has 2 N–H and O–H groups in total. The van der Waals surface area contributed by atoms with E-state index in [-0.39, 0.29) is 23.6 Å². The molecule has 37 heavy (non-hydrogen) atoms. The van der Waals surface area contributed by atoms with Crippen LogP contribution in [-0.4, -0.2) is 52.8 Å². The molecule has 1 aromatic rings. The molecular weight excluding hydrogens is 486 g/mol. The Balaban J connectivity index is 3.40. The number of carbonyl (C=O) groups is 3. The summed E-state index contributed by atoms with van der Waals surface area (Å²) in [5, 5.41) is 5.78. The highest BCUT2D eigenvalue weighted by Crippen LogP contribution is 2.25. The Hall–Kier alpha value is -2.22. The molecular formula is C29H49N3O4S. The quantitative estimate of drug-likeness (QED) is 0.195.